The Hall–Kier alpha value is -1.02. The fraction of sp³-hybridized carbons (Fsp3) is 0.500. The van der Waals surface area contributed by atoms with E-state index in [9.17, 15) is 0 Å². The summed E-state index contributed by atoms with van der Waals surface area (Å²) in [6.07, 6.45) is 3.83. The Bertz CT molecular complexity index is 312. The summed E-state index contributed by atoms with van der Waals surface area (Å²) in [5, 5.41) is 3.37. The molecule has 1 atom stereocenters. The SMILES string of the molecule is CCNC(C)/C(C)=C/c1occc1C. The molecule has 1 N–H and O–H groups in total. The Balaban J connectivity index is 2.73. The van der Waals surface area contributed by atoms with Gasteiger partial charge in [0.1, 0.15) is 5.76 Å². The third-order valence-electron chi connectivity index (χ3n) is 2.45. The summed E-state index contributed by atoms with van der Waals surface area (Å²) in [4.78, 5) is 0. The van der Waals surface area contributed by atoms with Crippen LogP contribution in [0.1, 0.15) is 32.1 Å². The average molecular weight is 193 g/mol. The highest BCUT2D eigenvalue weighted by Gasteiger charge is 2.04. The molecule has 1 rings (SSSR count). The van der Waals surface area contributed by atoms with Gasteiger partial charge in [0.25, 0.3) is 0 Å². The summed E-state index contributed by atoms with van der Waals surface area (Å²) in [7, 11) is 0. The van der Waals surface area contributed by atoms with Crippen molar-refractivity contribution in [2.75, 3.05) is 6.54 Å². The van der Waals surface area contributed by atoms with E-state index < -0.39 is 0 Å². The minimum absolute atomic E-state index is 0.407. The molecule has 0 fully saturated rings. The number of rotatable bonds is 4. The highest BCUT2D eigenvalue weighted by Crippen LogP contribution is 2.14. The van der Waals surface area contributed by atoms with Crippen LogP contribution in [0.25, 0.3) is 6.08 Å². The van der Waals surface area contributed by atoms with E-state index in [1.807, 2.05) is 6.07 Å². The van der Waals surface area contributed by atoms with Crippen LogP contribution < -0.4 is 5.32 Å². The number of hydrogen-bond donors (Lipinski definition) is 1. The van der Waals surface area contributed by atoms with E-state index in [1.54, 1.807) is 6.26 Å². The van der Waals surface area contributed by atoms with Gasteiger partial charge < -0.3 is 9.73 Å². The summed E-state index contributed by atoms with van der Waals surface area (Å²) in [5.41, 5.74) is 2.48. The van der Waals surface area contributed by atoms with Crippen molar-refractivity contribution < 1.29 is 4.42 Å². The Kier molecular flexibility index (Phi) is 3.96. The molecule has 0 aliphatic carbocycles. The summed E-state index contributed by atoms with van der Waals surface area (Å²) in [6, 6.07) is 2.39. The molecule has 0 saturated carbocycles. The molecule has 0 spiro atoms. The molecule has 78 valence electrons. The summed E-state index contributed by atoms with van der Waals surface area (Å²) in [5.74, 6) is 0.965. The maximum absolute atomic E-state index is 5.36. The van der Waals surface area contributed by atoms with Crippen molar-refractivity contribution in [1.29, 1.82) is 0 Å². The first kappa shape index (κ1) is 11.1. The van der Waals surface area contributed by atoms with Crippen LogP contribution in [-0.4, -0.2) is 12.6 Å². The van der Waals surface area contributed by atoms with Crippen molar-refractivity contribution in [3.63, 3.8) is 0 Å². The summed E-state index contributed by atoms with van der Waals surface area (Å²) in [6.45, 7) is 9.44. The third-order valence-corrected chi connectivity index (χ3v) is 2.45. The van der Waals surface area contributed by atoms with Crippen LogP contribution in [0.3, 0.4) is 0 Å². The molecule has 0 aliphatic rings. The standard InChI is InChI=1S/C12H19NO/c1-5-13-11(4)10(3)8-12-9(2)6-7-14-12/h6-8,11,13H,5H2,1-4H3/b10-8+. The molecular formula is C12H19NO. The quantitative estimate of drug-likeness (QED) is 0.795. The molecule has 0 bridgehead atoms. The van der Waals surface area contributed by atoms with Gasteiger partial charge in [0.2, 0.25) is 0 Å². The first-order chi connectivity index (χ1) is 6.65. The average Bonchev–Trinajstić information content (AvgIpc) is 2.52. The first-order valence-corrected chi connectivity index (χ1v) is 5.10. The topological polar surface area (TPSA) is 25.2 Å². The molecule has 0 aromatic carbocycles. The lowest BCUT2D eigenvalue weighted by Gasteiger charge is -2.12. The summed E-state index contributed by atoms with van der Waals surface area (Å²) >= 11 is 0. The third kappa shape index (κ3) is 2.74. The van der Waals surface area contributed by atoms with Crippen LogP contribution >= 0.6 is 0 Å². The van der Waals surface area contributed by atoms with Gasteiger partial charge in [0, 0.05) is 6.04 Å². The molecule has 1 aromatic heterocycles. The van der Waals surface area contributed by atoms with E-state index in [-0.39, 0.29) is 0 Å². The molecular weight excluding hydrogens is 174 g/mol. The Morgan fingerprint density at radius 3 is 2.86 bits per heavy atom. The Morgan fingerprint density at radius 1 is 1.64 bits per heavy atom. The molecule has 14 heavy (non-hydrogen) atoms. The fourth-order valence-corrected chi connectivity index (χ4v) is 1.33. The highest BCUT2D eigenvalue weighted by atomic mass is 16.3. The molecule has 1 unspecified atom stereocenters. The van der Waals surface area contributed by atoms with Gasteiger partial charge in [-0.05, 0) is 45.0 Å². The smallest absolute Gasteiger partial charge is 0.129 e. The van der Waals surface area contributed by atoms with Gasteiger partial charge in [-0.3, -0.25) is 0 Å². The monoisotopic (exact) mass is 193 g/mol. The number of nitrogens with one attached hydrogen (secondary N) is 1. The summed E-state index contributed by atoms with van der Waals surface area (Å²) < 4.78 is 5.36. The van der Waals surface area contributed by atoms with E-state index in [0.29, 0.717) is 6.04 Å². The van der Waals surface area contributed by atoms with Crippen molar-refractivity contribution in [2.45, 2.75) is 33.7 Å². The van der Waals surface area contributed by atoms with Gasteiger partial charge >= 0.3 is 0 Å². The highest BCUT2D eigenvalue weighted by molar-refractivity contribution is 5.51. The minimum atomic E-state index is 0.407. The Morgan fingerprint density at radius 2 is 2.36 bits per heavy atom. The van der Waals surface area contributed by atoms with Crippen LogP contribution in [0.5, 0.6) is 0 Å². The van der Waals surface area contributed by atoms with Crippen LogP contribution in [0.4, 0.5) is 0 Å². The second-order valence-electron chi connectivity index (χ2n) is 3.64. The molecule has 0 saturated heterocycles. The van der Waals surface area contributed by atoms with Crippen molar-refractivity contribution in [1.82, 2.24) is 5.32 Å². The predicted octanol–water partition coefficient (Wildman–Crippen LogP) is 2.99. The van der Waals surface area contributed by atoms with Gasteiger partial charge in [0.15, 0.2) is 0 Å². The van der Waals surface area contributed by atoms with Gasteiger partial charge in [-0.15, -0.1) is 0 Å². The second-order valence-corrected chi connectivity index (χ2v) is 3.64. The van der Waals surface area contributed by atoms with Gasteiger partial charge in [-0.25, -0.2) is 0 Å². The van der Waals surface area contributed by atoms with Crippen molar-refractivity contribution in [2.24, 2.45) is 0 Å². The lowest BCUT2D eigenvalue weighted by Crippen LogP contribution is -2.26. The molecule has 0 radical (unpaired) electrons. The molecule has 0 aliphatic heterocycles. The van der Waals surface area contributed by atoms with E-state index in [0.717, 1.165) is 12.3 Å². The van der Waals surface area contributed by atoms with Crippen LogP contribution in [-0.2, 0) is 0 Å². The normalized spacial score (nSPS) is 14.4. The van der Waals surface area contributed by atoms with Crippen LogP contribution in [0.2, 0.25) is 0 Å². The molecule has 2 heteroatoms. The number of hydrogen-bond acceptors (Lipinski definition) is 2. The predicted molar refractivity (Wildman–Crippen MR) is 60.2 cm³/mol. The van der Waals surface area contributed by atoms with Gasteiger partial charge in [0.05, 0.1) is 6.26 Å². The maximum atomic E-state index is 5.36. The van der Waals surface area contributed by atoms with Crippen LogP contribution in [0, 0.1) is 6.92 Å². The van der Waals surface area contributed by atoms with Crippen molar-refractivity contribution in [3.8, 4) is 0 Å². The van der Waals surface area contributed by atoms with Crippen molar-refractivity contribution in [3.05, 3.63) is 29.2 Å². The van der Waals surface area contributed by atoms with E-state index in [2.05, 4.69) is 39.1 Å². The van der Waals surface area contributed by atoms with E-state index >= 15 is 0 Å². The van der Waals surface area contributed by atoms with Crippen molar-refractivity contribution >= 4 is 6.08 Å². The van der Waals surface area contributed by atoms with E-state index in [4.69, 9.17) is 4.42 Å². The largest absolute Gasteiger partial charge is 0.465 e. The molecule has 2 nitrogen and oxygen atoms in total. The number of furan rings is 1. The van der Waals surface area contributed by atoms with Crippen LogP contribution in [0.15, 0.2) is 22.3 Å². The Labute approximate surface area is 86.0 Å². The molecule has 1 heterocycles. The lowest BCUT2D eigenvalue weighted by atomic mass is 10.1. The number of likely N-dealkylation sites (N-methyl/N-ethyl adjacent to an activating group) is 1. The minimum Gasteiger partial charge on any atom is -0.465 e. The fourth-order valence-electron chi connectivity index (χ4n) is 1.33. The van der Waals surface area contributed by atoms with Gasteiger partial charge in [-0.2, -0.15) is 0 Å². The zero-order chi connectivity index (χ0) is 10.6. The van der Waals surface area contributed by atoms with Gasteiger partial charge in [-0.1, -0.05) is 12.5 Å². The zero-order valence-electron chi connectivity index (χ0n) is 9.42. The first-order valence-electron chi connectivity index (χ1n) is 5.10. The molecule has 0 amide bonds. The number of aryl methyl sites for hydroxylation is 1. The zero-order valence-corrected chi connectivity index (χ0v) is 9.42. The maximum Gasteiger partial charge on any atom is 0.129 e. The molecule has 1 aromatic rings. The second kappa shape index (κ2) is 5.01. The lowest BCUT2D eigenvalue weighted by molar-refractivity contribution is 0.552. The van der Waals surface area contributed by atoms with E-state index in [1.165, 1.54) is 11.1 Å².